The highest BCUT2D eigenvalue weighted by Gasteiger charge is 2.32. The third kappa shape index (κ3) is 8.57. The van der Waals surface area contributed by atoms with Crippen molar-refractivity contribution in [3.63, 3.8) is 0 Å². The SMILES string of the molecule is CCCC(CC)CCC.O=C(O)C1CCC(C2CCC(O)CC2)CC1. The van der Waals surface area contributed by atoms with Crippen molar-refractivity contribution in [1.82, 2.24) is 0 Å². The molecule has 0 radical (unpaired) electrons. The second-order valence-corrected chi connectivity index (χ2v) is 8.37. The van der Waals surface area contributed by atoms with Gasteiger partial charge in [-0.25, -0.2) is 0 Å². The zero-order valence-corrected chi connectivity index (χ0v) is 16.9. The summed E-state index contributed by atoms with van der Waals surface area (Å²) in [6.45, 7) is 6.85. The van der Waals surface area contributed by atoms with Gasteiger partial charge in [0.15, 0.2) is 0 Å². The van der Waals surface area contributed by atoms with Crippen molar-refractivity contribution in [3.8, 4) is 0 Å². The fourth-order valence-corrected chi connectivity index (χ4v) is 4.78. The topological polar surface area (TPSA) is 57.5 Å². The van der Waals surface area contributed by atoms with Gasteiger partial charge in [-0.15, -0.1) is 0 Å². The smallest absolute Gasteiger partial charge is 0.306 e. The van der Waals surface area contributed by atoms with Gasteiger partial charge in [0, 0.05) is 0 Å². The average Bonchev–Trinajstić information content (AvgIpc) is 2.63. The predicted octanol–water partition coefficient (Wildman–Crippen LogP) is 6.04. The van der Waals surface area contributed by atoms with Crippen LogP contribution in [0, 0.1) is 23.7 Å². The average molecular weight is 355 g/mol. The zero-order valence-electron chi connectivity index (χ0n) is 16.9. The fraction of sp³-hybridized carbons (Fsp3) is 0.955. The highest BCUT2D eigenvalue weighted by atomic mass is 16.4. The number of rotatable bonds is 7. The lowest BCUT2D eigenvalue weighted by Gasteiger charge is -2.35. The first-order chi connectivity index (χ1) is 12.0. The number of carbonyl (C=O) groups is 1. The molecule has 2 saturated carbocycles. The van der Waals surface area contributed by atoms with E-state index >= 15 is 0 Å². The van der Waals surface area contributed by atoms with Crippen LogP contribution in [0.15, 0.2) is 0 Å². The van der Waals surface area contributed by atoms with Crippen molar-refractivity contribution >= 4 is 5.97 Å². The molecule has 0 atom stereocenters. The van der Waals surface area contributed by atoms with E-state index in [1.165, 1.54) is 32.1 Å². The van der Waals surface area contributed by atoms with E-state index in [1.54, 1.807) is 0 Å². The van der Waals surface area contributed by atoms with Crippen LogP contribution in [0.2, 0.25) is 0 Å². The number of aliphatic hydroxyl groups is 1. The van der Waals surface area contributed by atoms with Crippen LogP contribution in [0.4, 0.5) is 0 Å². The van der Waals surface area contributed by atoms with E-state index in [4.69, 9.17) is 5.11 Å². The van der Waals surface area contributed by atoms with Crippen LogP contribution >= 0.6 is 0 Å². The summed E-state index contributed by atoms with van der Waals surface area (Å²) < 4.78 is 0. The van der Waals surface area contributed by atoms with Gasteiger partial charge in [-0.3, -0.25) is 4.79 Å². The van der Waals surface area contributed by atoms with E-state index in [-0.39, 0.29) is 12.0 Å². The summed E-state index contributed by atoms with van der Waals surface area (Å²) in [6, 6.07) is 0. The summed E-state index contributed by atoms with van der Waals surface area (Å²) in [5, 5.41) is 18.4. The number of aliphatic hydroxyl groups excluding tert-OH is 1. The van der Waals surface area contributed by atoms with Crippen molar-refractivity contribution < 1.29 is 15.0 Å². The quantitative estimate of drug-likeness (QED) is 0.586. The lowest BCUT2D eigenvalue weighted by atomic mass is 9.70. The molecule has 3 nitrogen and oxygen atoms in total. The number of carboxylic acid groups (broad SMARTS) is 1. The Kier molecular flexibility index (Phi) is 11.4. The minimum Gasteiger partial charge on any atom is -0.481 e. The highest BCUT2D eigenvalue weighted by molar-refractivity contribution is 5.69. The molecule has 2 fully saturated rings. The Bertz CT molecular complexity index is 333. The maximum absolute atomic E-state index is 10.8. The van der Waals surface area contributed by atoms with Crippen molar-refractivity contribution in [2.45, 2.75) is 110 Å². The van der Waals surface area contributed by atoms with Gasteiger partial charge < -0.3 is 10.2 Å². The Balaban J connectivity index is 0.000000299. The summed E-state index contributed by atoms with van der Waals surface area (Å²) in [5.74, 6) is 1.78. The molecule has 25 heavy (non-hydrogen) atoms. The molecule has 2 aliphatic carbocycles. The van der Waals surface area contributed by atoms with Gasteiger partial charge in [0.1, 0.15) is 0 Å². The monoisotopic (exact) mass is 354 g/mol. The number of aliphatic carboxylic acids is 1. The minimum absolute atomic E-state index is 0.0772. The van der Waals surface area contributed by atoms with Crippen LogP contribution < -0.4 is 0 Å². The van der Waals surface area contributed by atoms with E-state index in [0.717, 1.165) is 69.1 Å². The molecule has 2 rings (SSSR count). The molecule has 0 spiro atoms. The second-order valence-electron chi connectivity index (χ2n) is 8.37. The van der Waals surface area contributed by atoms with Crippen LogP contribution in [-0.2, 0) is 4.79 Å². The third-order valence-corrected chi connectivity index (χ3v) is 6.50. The molecule has 0 amide bonds. The Morgan fingerprint density at radius 1 is 0.840 bits per heavy atom. The number of hydrogen-bond donors (Lipinski definition) is 2. The van der Waals surface area contributed by atoms with Gasteiger partial charge in [-0.2, -0.15) is 0 Å². The maximum Gasteiger partial charge on any atom is 0.306 e. The van der Waals surface area contributed by atoms with Crippen LogP contribution in [-0.4, -0.2) is 22.3 Å². The van der Waals surface area contributed by atoms with E-state index in [1.807, 2.05) is 0 Å². The third-order valence-electron chi connectivity index (χ3n) is 6.50. The lowest BCUT2D eigenvalue weighted by Crippen LogP contribution is -2.29. The largest absolute Gasteiger partial charge is 0.481 e. The molecule has 3 heteroatoms. The molecule has 0 aromatic heterocycles. The van der Waals surface area contributed by atoms with E-state index < -0.39 is 5.97 Å². The summed E-state index contributed by atoms with van der Waals surface area (Å²) in [5.41, 5.74) is 0. The van der Waals surface area contributed by atoms with Crippen LogP contribution in [0.3, 0.4) is 0 Å². The Labute approximate surface area is 155 Å². The molecule has 0 aromatic carbocycles. The van der Waals surface area contributed by atoms with E-state index in [0.29, 0.717) is 0 Å². The van der Waals surface area contributed by atoms with Crippen LogP contribution in [0.5, 0.6) is 0 Å². The molecule has 0 unspecified atom stereocenters. The summed E-state index contributed by atoms with van der Waals surface area (Å²) >= 11 is 0. The van der Waals surface area contributed by atoms with Crippen molar-refractivity contribution in [2.75, 3.05) is 0 Å². The predicted molar refractivity (Wildman–Crippen MR) is 105 cm³/mol. The minimum atomic E-state index is -0.613. The Morgan fingerprint density at radius 2 is 1.28 bits per heavy atom. The van der Waals surface area contributed by atoms with E-state index in [2.05, 4.69) is 20.8 Å². The summed E-state index contributed by atoms with van der Waals surface area (Å²) in [6.07, 6.45) is 15.0. The molecule has 2 aliphatic rings. The molecule has 0 aromatic rings. The highest BCUT2D eigenvalue weighted by Crippen LogP contribution is 2.39. The first-order valence-electron chi connectivity index (χ1n) is 10.9. The molecule has 0 aliphatic heterocycles. The maximum atomic E-state index is 10.8. The zero-order chi connectivity index (χ0) is 18.7. The Hall–Kier alpha value is -0.570. The molecule has 0 saturated heterocycles. The van der Waals surface area contributed by atoms with Gasteiger partial charge in [0.05, 0.1) is 12.0 Å². The number of hydrogen-bond acceptors (Lipinski definition) is 2. The molecule has 148 valence electrons. The second kappa shape index (κ2) is 12.7. The molecular formula is C22H42O3. The number of carboxylic acids is 1. The van der Waals surface area contributed by atoms with Crippen molar-refractivity contribution in [3.05, 3.63) is 0 Å². The molecule has 2 N–H and O–H groups in total. The van der Waals surface area contributed by atoms with Gasteiger partial charge in [0.25, 0.3) is 0 Å². The Morgan fingerprint density at radius 3 is 1.64 bits per heavy atom. The lowest BCUT2D eigenvalue weighted by molar-refractivity contribution is -0.143. The first kappa shape index (κ1) is 22.5. The van der Waals surface area contributed by atoms with Crippen LogP contribution in [0.1, 0.15) is 104 Å². The summed E-state index contributed by atoms with van der Waals surface area (Å²) in [7, 11) is 0. The standard InChI is InChI=1S/C13H22O3.C9H20/c14-12-7-5-10(6-8-12)9-1-3-11(4-2-9)13(15)16;1-4-7-9(6-3)8-5-2/h9-12,14H,1-8H2,(H,15,16);9H,4-8H2,1-3H3. The van der Waals surface area contributed by atoms with Gasteiger partial charge in [0.2, 0.25) is 0 Å². The van der Waals surface area contributed by atoms with E-state index in [9.17, 15) is 9.90 Å². The van der Waals surface area contributed by atoms with Crippen molar-refractivity contribution in [2.24, 2.45) is 23.7 Å². The summed E-state index contributed by atoms with van der Waals surface area (Å²) in [4.78, 5) is 10.8. The van der Waals surface area contributed by atoms with Gasteiger partial charge >= 0.3 is 5.97 Å². The first-order valence-corrected chi connectivity index (χ1v) is 10.9. The molecule has 0 bridgehead atoms. The molecular weight excluding hydrogens is 312 g/mol. The van der Waals surface area contributed by atoms with Gasteiger partial charge in [-0.1, -0.05) is 52.9 Å². The fourth-order valence-electron chi connectivity index (χ4n) is 4.78. The molecule has 0 heterocycles. The van der Waals surface area contributed by atoms with Crippen LogP contribution in [0.25, 0.3) is 0 Å². The van der Waals surface area contributed by atoms with Gasteiger partial charge in [-0.05, 0) is 69.1 Å². The van der Waals surface area contributed by atoms with Crippen molar-refractivity contribution in [1.29, 1.82) is 0 Å². The normalized spacial score (nSPS) is 29.8.